The fourth-order valence-corrected chi connectivity index (χ4v) is 4.74. The van der Waals surface area contributed by atoms with E-state index in [1.54, 1.807) is 17.9 Å². The highest BCUT2D eigenvalue weighted by Gasteiger charge is 2.49. The molecule has 2 fully saturated rings. The number of amides is 1. The first-order valence-electron chi connectivity index (χ1n) is 8.93. The minimum absolute atomic E-state index is 0.0362. The smallest absolute Gasteiger partial charge is 0.317 e. The molecule has 27 heavy (non-hydrogen) atoms. The molecule has 142 valence electrons. The van der Waals surface area contributed by atoms with Gasteiger partial charge in [-0.05, 0) is 11.5 Å². The van der Waals surface area contributed by atoms with Crippen LogP contribution in [0.2, 0.25) is 5.02 Å². The molecule has 2 aliphatic heterocycles. The van der Waals surface area contributed by atoms with Crippen LogP contribution in [0.4, 0.5) is 0 Å². The van der Waals surface area contributed by atoms with Crippen molar-refractivity contribution in [2.24, 2.45) is 18.9 Å². The van der Waals surface area contributed by atoms with Gasteiger partial charge in [-0.2, -0.15) is 5.10 Å². The molecule has 0 radical (unpaired) electrons. The second kappa shape index (κ2) is 6.98. The second-order valence-corrected chi connectivity index (χ2v) is 7.73. The van der Waals surface area contributed by atoms with E-state index in [4.69, 9.17) is 16.7 Å². The first-order valence-corrected chi connectivity index (χ1v) is 9.31. The quantitative estimate of drug-likeness (QED) is 0.865. The predicted molar refractivity (Wildman–Crippen MR) is 99.5 cm³/mol. The highest BCUT2D eigenvalue weighted by molar-refractivity contribution is 6.33. The lowest BCUT2D eigenvalue weighted by molar-refractivity contribution is -0.138. The standard InChI is InChI=1S/C19H21ClN4O3/c1-22-10-15(20)17(21-22)19(27)24-8-13-7-23(11-16(25)26)9-14(13)18(24)12-5-3-2-4-6-12/h2-6,10,13-14,18H,7-9,11H2,1H3,(H,25,26)/t13-,14-,18-/m0/s1. The number of carbonyl (C=O) groups excluding carboxylic acids is 1. The molecule has 0 bridgehead atoms. The molecule has 0 unspecified atom stereocenters. The van der Waals surface area contributed by atoms with Gasteiger partial charge in [-0.15, -0.1) is 0 Å². The van der Waals surface area contributed by atoms with Crippen LogP contribution >= 0.6 is 11.6 Å². The molecule has 3 heterocycles. The van der Waals surface area contributed by atoms with Crippen LogP contribution in [0.5, 0.6) is 0 Å². The van der Waals surface area contributed by atoms with E-state index in [-0.39, 0.29) is 36.0 Å². The fraction of sp³-hybridized carbons (Fsp3) is 0.421. The van der Waals surface area contributed by atoms with Gasteiger partial charge in [-0.1, -0.05) is 41.9 Å². The van der Waals surface area contributed by atoms with Crippen LogP contribution in [0.3, 0.4) is 0 Å². The van der Waals surface area contributed by atoms with Gasteiger partial charge in [0.15, 0.2) is 5.69 Å². The highest BCUT2D eigenvalue weighted by atomic mass is 35.5. The molecule has 1 amide bonds. The third-order valence-corrected chi connectivity index (χ3v) is 5.76. The van der Waals surface area contributed by atoms with E-state index >= 15 is 0 Å². The van der Waals surface area contributed by atoms with Gasteiger partial charge in [0, 0.05) is 38.8 Å². The third kappa shape index (κ3) is 3.33. The van der Waals surface area contributed by atoms with Gasteiger partial charge in [-0.3, -0.25) is 19.2 Å². The molecule has 1 aromatic heterocycles. The lowest BCUT2D eigenvalue weighted by atomic mass is 9.89. The second-order valence-electron chi connectivity index (χ2n) is 7.32. The fourth-order valence-electron chi connectivity index (χ4n) is 4.48. The maximum absolute atomic E-state index is 13.2. The number of aromatic nitrogens is 2. The minimum atomic E-state index is -0.820. The van der Waals surface area contributed by atoms with Crippen LogP contribution in [0, 0.1) is 11.8 Å². The normalized spacial score (nSPS) is 25.0. The number of carboxylic acid groups (broad SMARTS) is 1. The van der Waals surface area contributed by atoms with E-state index < -0.39 is 5.97 Å². The number of aryl methyl sites for hydroxylation is 1. The summed E-state index contributed by atoms with van der Waals surface area (Å²) in [5, 5.41) is 13.7. The van der Waals surface area contributed by atoms with E-state index in [9.17, 15) is 9.59 Å². The van der Waals surface area contributed by atoms with Crippen molar-refractivity contribution in [1.29, 1.82) is 0 Å². The zero-order valence-corrected chi connectivity index (χ0v) is 15.7. The molecular weight excluding hydrogens is 368 g/mol. The van der Waals surface area contributed by atoms with E-state index in [2.05, 4.69) is 5.10 Å². The third-order valence-electron chi connectivity index (χ3n) is 5.49. The van der Waals surface area contributed by atoms with Gasteiger partial charge in [0.2, 0.25) is 0 Å². The van der Waals surface area contributed by atoms with E-state index in [1.807, 2.05) is 40.1 Å². The summed E-state index contributed by atoms with van der Waals surface area (Å²) in [5.41, 5.74) is 1.32. The first-order chi connectivity index (χ1) is 12.9. The zero-order valence-electron chi connectivity index (χ0n) is 15.0. The van der Waals surface area contributed by atoms with Crippen molar-refractivity contribution in [3.8, 4) is 0 Å². The summed E-state index contributed by atoms with van der Waals surface area (Å²) < 4.78 is 1.54. The summed E-state index contributed by atoms with van der Waals surface area (Å²) in [4.78, 5) is 28.1. The van der Waals surface area contributed by atoms with Crippen LogP contribution in [-0.2, 0) is 11.8 Å². The van der Waals surface area contributed by atoms with E-state index in [0.717, 1.165) is 5.56 Å². The molecule has 1 aromatic carbocycles. The Hall–Kier alpha value is -2.38. The first kappa shape index (κ1) is 18.0. The average molecular weight is 389 g/mol. The van der Waals surface area contributed by atoms with Crippen LogP contribution in [0.15, 0.2) is 36.5 Å². The van der Waals surface area contributed by atoms with Crippen molar-refractivity contribution in [2.45, 2.75) is 6.04 Å². The molecule has 3 atom stereocenters. The summed E-state index contributed by atoms with van der Waals surface area (Å²) in [7, 11) is 1.74. The van der Waals surface area contributed by atoms with E-state index in [1.165, 1.54) is 0 Å². The number of fused-ring (bicyclic) bond motifs is 1. The number of likely N-dealkylation sites (tertiary alicyclic amines) is 2. The molecule has 4 rings (SSSR count). The zero-order chi connectivity index (χ0) is 19.1. The van der Waals surface area contributed by atoms with Gasteiger partial charge < -0.3 is 10.0 Å². The number of rotatable bonds is 4. The molecule has 2 saturated heterocycles. The predicted octanol–water partition coefficient (Wildman–Crippen LogP) is 1.90. The average Bonchev–Trinajstić information content (AvgIpc) is 3.26. The van der Waals surface area contributed by atoms with Gasteiger partial charge in [0.25, 0.3) is 5.91 Å². The maximum Gasteiger partial charge on any atom is 0.317 e. The van der Waals surface area contributed by atoms with Gasteiger partial charge >= 0.3 is 5.97 Å². The highest BCUT2D eigenvalue weighted by Crippen LogP contribution is 2.45. The molecule has 0 saturated carbocycles. The summed E-state index contributed by atoms with van der Waals surface area (Å²) in [6.45, 7) is 1.96. The summed E-state index contributed by atoms with van der Waals surface area (Å²) in [5.74, 6) is -0.563. The Morgan fingerprint density at radius 2 is 1.96 bits per heavy atom. The van der Waals surface area contributed by atoms with Crippen molar-refractivity contribution >= 4 is 23.5 Å². The van der Waals surface area contributed by atoms with Crippen molar-refractivity contribution in [2.75, 3.05) is 26.2 Å². The lowest BCUT2D eigenvalue weighted by Crippen LogP contribution is -2.37. The van der Waals surface area contributed by atoms with Crippen molar-refractivity contribution < 1.29 is 14.7 Å². The number of benzene rings is 1. The summed E-state index contributed by atoms with van der Waals surface area (Å²) in [6.07, 6.45) is 1.62. The summed E-state index contributed by atoms with van der Waals surface area (Å²) in [6, 6.07) is 9.80. The van der Waals surface area contributed by atoms with Gasteiger partial charge in [0.05, 0.1) is 17.6 Å². The number of aliphatic carboxylic acids is 1. The molecule has 7 nitrogen and oxygen atoms in total. The molecule has 2 aromatic rings. The van der Waals surface area contributed by atoms with Crippen molar-refractivity contribution in [3.05, 3.63) is 52.8 Å². The van der Waals surface area contributed by atoms with E-state index in [0.29, 0.717) is 24.7 Å². The van der Waals surface area contributed by atoms with Crippen LogP contribution < -0.4 is 0 Å². The Kier molecular flexibility index (Phi) is 4.65. The number of nitrogens with zero attached hydrogens (tertiary/aromatic N) is 4. The topological polar surface area (TPSA) is 78.7 Å². The Labute approximate surface area is 162 Å². The largest absolute Gasteiger partial charge is 0.480 e. The molecule has 0 aliphatic carbocycles. The van der Waals surface area contributed by atoms with Crippen LogP contribution in [0.25, 0.3) is 0 Å². The Morgan fingerprint density at radius 1 is 1.22 bits per heavy atom. The Morgan fingerprint density at radius 3 is 2.59 bits per heavy atom. The monoisotopic (exact) mass is 388 g/mol. The van der Waals surface area contributed by atoms with Crippen molar-refractivity contribution in [1.82, 2.24) is 19.6 Å². The van der Waals surface area contributed by atoms with Crippen LogP contribution in [0.1, 0.15) is 22.1 Å². The molecule has 0 spiro atoms. The number of hydrogen-bond acceptors (Lipinski definition) is 4. The SMILES string of the molecule is Cn1cc(Cl)c(C(=O)N2C[C@@H]3CN(CC(=O)O)C[C@@H]3[C@@H]2c2ccccc2)n1. The number of hydrogen-bond donors (Lipinski definition) is 1. The number of halogens is 1. The molecule has 2 aliphatic rings. The number of carboxylic acids is 1. The minimum Gasteiger partial charge on any atom is -0.480 e. The molecular formula is C19H21ClN4O3. The molecule has 8 heteroatoms. The maximum atomic E-state index is 13.2. The van der Waals surface area contributed by atoms with Gasteiger partial charge in [-0.25, -0.2) is 0 Å². The molecule has 1 N–H and O–H groups in total. The Bertz CT molecular complexity index is 869. The number of carbonyl (C=O) groups is 2. The Balaban J connectivity index is 1.65. The lowest BCUT2D eigenvalue weighted by Gasteiger charge is -2.29. The van der Waals surface area contributed by atoms with Crippen molar-refractivity contribution in [3.63, 3.8) is 0 Å². The van der Waals surface area contributed by atoms with Crippen LogP contribution in [-0.4, -0.2) is 62.7 Å². The van der Waals surface area contributed by atoms with Gasteiger partial charge in [0.1, 0.15) is 0 Å². The summed E-state index contributed by atoms with van der Waals surface area (Å²) >= 11 is 6.21.